The third kappa shape index (κ3) is 4.70. The van der Waals surface area contributed by atoms with Crippen LogP contribution in [0.2, 0.25) is 4.34 Å². The van der Waals surface area contributed by atoms with Gasteiger partial charge in [-0.25, -0.2) is 0 Å². The molecule has 0 bridgehead atoms. The molecule has 1 aromatic heterocycles. The summed E-state index contributed by atoms with van der Waals surface area (Å²) in [6.45, 7) is 0.350. The number of halogens is 1. The van der Waals surface area contributed by atoms with Crippen LogP contribution < -0.4 is 10.8 Å². The molecule has 6 nitrogen and oxygen atoms in total. The molecule has 0 spiro atoms. The Bertz CT molecular complexity index is 926. The molecule has 1 aromatic carbocycles. The predicted octanol–water partition coefficient (Wildman–Crippen LogP) is 3.68. The lowest BCUT2D eigenvalue weighted by Gasteiger charge is -2.16. The highest BCUT2D eigenvalue weighted by atomic mass is 35.5. The van der Waals surface area contributed by atoms with Gasteiger partial charge in [-0.3, -0.25) is 20.5 Å². The largest absolute Gasteiger partial charge is 0.363 e. The number of benzene rings is 1. The Morgan fingerprint density at radius 2 is 2.18 bits per heavy atom. The Morgan fingerprint density at radius 3 is 2.82 bits per heavy atom. The summed E-state index contributed by atoms with van der Waals surface area (Å²) >= 11 is 8.73. The summed E-state index contributed by atoms with van der Waals surface area (Å²) in [5, 5.41) is 11.0. The number of rotatable bonds is 6. The molecule has 0 aliphatic carbocycles. The first-order valence-corrected chi connectivity index (χ1v) is 10.9. The van der Waals surface area contributed by atoms with Crippen molar-refractivity contribution in [2.24, 2.45) is 0 Å². The predicted molar refractivity (Wildman–Crippen MR) is 116 cm³/mol. The van der Waals surface area contributed by atoms with Crippen molar-refractivity contribution >= 4 is 52.1 Å². The van der Waals surface area contributed by atoms with Gasteiger partial charge in [0.2, 0.25) is 0 Å². The molecule has 2 heterocycles. The summed E-state index contributed by atoms with van der Waals surface area (Å²) in [4.78, 5) is 21.1. The van der Waals surface area contributed by atoms with Gasteiger partial charge >= 0.3 is 0 Å². The number of hydrogen-bond donors (Lipinski definition) is 3. The number of carbonyl (C=O) groups is 1. The Labute approximate surface area is 177 Å². The molecule has 148 valence electrons. The zero-order chi connectivity index (χ0) is 20.3. The molecule has 2 aromatic rings. The quantitative estimate of drug-likeness (QED) is 0.366. The van der Waals surface area contributed by atoms with E-state index in [0.29, 0.717) is 21.6 Å². The van der Waals surface area contributed by atoms with Gasteiger partial charge in [-0.05, 0) is 30.5 Å². The molecule has 1 atom stereocenters. The van der Waals surface area contributed by atoms with Gasteiger partial charge < -0.3 is 10.2 Å². The average molecular weight is 437 g/mol. The van der Waals surface area contributed by atoms with Crippen molar-refractivity contribution in [2.45, 2.75) is 11.0 Å². The van der Waals surface area contributed by atoms with Crippen LogP contribution in [0.25, 0.3) is 5.70 Å². The summed E-state index contributed by atoms with van der Waals surface area (Å²) in [6.07, 6.45) is 3.68. The van der Waals surface area contributed by atoms with E-state index in [2.05, 4.69) is 10.8 Å². The number of nitrogens with zero attached hydrogens (tertiary/aromatic N) is 1. The number of amides is 1. The Balaban J connectivity index is 1.69. The van der Waals surface area contributed by atoms with Gasteiger partial charge in [0.1, 0.15) is 11.9 Å². The summed E-state index contributed by atoms with van der Waals surface area (Å²) < 4.78 is 0.585. The van der Waals surface area contributed by atoms with Crippen LogP contribution in [0.5, 0.6) is 0 Å². The maximum absolute atomic E-state index is 12.1. The van der Waals surface area contributed by atoms with Crippen LogP contribution >= 0.6 is 34.7 Å². The summed E-state index contributed by atoms with van der Waals surface area (Å²) in [7, 11) is 3.71. The molecule has 0 saturated heterocycles. The number of nitrogens with one attached hydrogen (secondary N) is 3. The number of thioether (sulfide) groups is 1. The van der Waals surface area contributed by atoms with E-state index in [1.165, 1.54) is 11.3 Å². The smallest absolute Gasteiger partial charge is 0.261 e. The van der Waals surface area contributed by atoms with Gasteiger partial charge in [0, 0.05) is 30.1 Å². The van der Waals surface area contributed by atoms with Gasteiger partial charge in [0.15, 0.2) is 0 Å². The van der Waals surface area contributed by atoms with Crippen LogP contribution in [0.1, 0.15) is 20.8 Å². The normalized spacial score (nSPS) is 15.7. The van der Waals surface area contributed by atoms with Crippen molar-refractivity contribution in [1.82, 2.24) is 15.7 Å². The van der Waals surface area contributed by atoms with E-state index in [1.807, 2.05) is 44.6 Å². The maximum Gasteiger partial charge on any atom is 0.261 e. The average Bonchev–Trinajstić information content (AvgIpc) is 3.34. The monoisotopic (exact) mass is 436 g/mol. The van der Waals surface area contributed by atoms with E-state index in [9.17, 15) is 4.79 Å². The van der Waals surface area contributed by atoms with Crippen LogP contribution in [-0.2, 0) is 4.84 Å². The minimum absolute atomic E-state index is 0.168. The number of hydrogen-bond acceptors (Lipinski definition) is 6. The summed E-state index contributed by atoms with van der Waals surface area (Å²) in [5.74, 6) is 0.291. The molecule has 0 radical (unpaired) electrons. The molecule has 1 amide bonds. The first-order valence-electron chi connectivity index (χ1n) is 8.50. The zero-order valence-corrected chi connectivity index (χ0v) is 18.1. The van der Waals surface area contributed by atoms with Gasteiger partial charge in [0.05, 0.1) is 21.5 Å². The molecular formula is C19H21ClN4O2S2. The van der Waals surface area contributed by atoms with Crippen LogP contribution in [0.15, 0.2) is 41.3 Å². The van der Waals surface area contributed by atoms with E-state index in [1.54, 1.807) is 28.8 Å². The lowest BCUT2D eigenvalue weighted by molar-refractivity contribution is 0.0499. The lowest BCUT2D eigenvalue weighted by atomic mass is 10.1. The van der Waals surface area contributed by atoms with Crippen molar-refractivity contribution in [2.75, 3.05) is 26.9 Å². The molecule has 0 saturated carbocycles. The molecule has 1 aliphatic rings. The van der Waals surface area contributed by atoms with Crippen molar-refractivity contribution in [1.29, 1.82) is 5.41 Å². The van der Waals surface area contributed by atoms with E-state index < -0.39 is 0 Å². The van der Waals surface area contributed by atoms with Gasteiger partial charge in [-0.1, -0.05) is 23.7 Å². The fourth-order valence-corrected chi connectivity index (χ4v) is 4.28. The van der Waals surface area contributed by atoms with Crippen LogP contribution in [0.3, 0.4) is 0 Å². The SMILES string of the molecule is CSc1cc(C(=N)N(C)C)ccc1C1=CC(CNC(=O)c2ccc(Cl)s2)ON1. The van der Waals surface area contributed by atoms with Crippen molar-refractivity contribution in [3.05, 3.63) is 56.7 Å². The molecule has 28 heavy (non-hydrogen) atoms. The van der Waals surface area contributed by atoms with Crippen molar-refractivity contribution in [3.8, 4) is 0 Å². The zero-order valence-electron chi connectivity index (χ0n) is 15.7. The van der Waals surface area contributed by atoms with E-state index >= 15 is 0 Å². The van der Waals surface area contributed by atoms with Crippen LogP contribution in [0, 0.1) is 5.41 Å². The van der Waals surface area contributed by atoms with Crippen LogP contribution in [-0.4, -0.2) is 49.6 Å². The molecular weight excluding hydrogens is 416 g/mol. The van der Waals surface area contributed by atoms with E-state index in [4.69, 9.17) is 21.8 Å². The fourth-order valence-electron chi connectivity index (χ4n) is 2.67. The Hall–Kier alpha value is -2.00. The Kier molecular flexibility index (Phi) is 6.66. The topological polar surface area (TPSA) is 77.5 Å². The fraction of sp³-hybridized carbons (Fsp3) is 0.263. The summed E-state index contributed by atoms with van der Waals surface area (Å²) in [5.41, 5.74) is 5.66. The second-order valence-electron chi connectivity index (χ2n) is 6.31. The highest BCUT2D eigenvalue weighted by Crippen LogP contribution is 2.29. The van der Waals surface area contributed by atoms with Gasteiger partial charge in [-0.2, -0.15) is 0 Å². The van der Waals surface area contributed by atoms with Gasteiger partial charge in [-0.15, -0.1) is 23.1 Å². The van der Waals surface area contributed by atoms with Gasteiger partial charge in [0.25, 0.3) is 5.91 Å². The maximum atomic E-state index is 12.1. The molecule has 0 fully saturated rings. The molecule has 1 aliphatic heterocycles. The second kappa shape index (κ2) is 9.00. The number of hydroxylamine groups is 1. The van der Waals surface area contributed by atoms with E-state index in [0.717, 1.165) is 21.7 Å². The first kappa shape index (κ1) is 20.7. The number of amidine groups is 1. The minimum atomic E-state index is -0.274. The number of carbonyl (C=O) groups excluding carboxylic acids is 1. The summed E-state index contributed by atoms with van der Waals surface area (Å²) in [6, 6.07) is 9.32. The van der Waals surface area contributed by atoms with Crippen molar-refractivity contribution in [3.63, 3.8) is 0 Å². The van der Waals surface area contributed by atoms with Crippen molar-refractivity contribution < 1.29 is 9.63 Å². The third-order valence-electron chi connectivity index (χ3n) is 4.15. The highest BCUT2D eigenvalue weighted by molar-refractivity contribution is 7.98. The first-order chi connectivity index (χ1) is 13.4. The standard InChI is InChI=1S/C19H21ClN4O2S2/c1-24(2)18(21)11-4-5-13(16(8-11)27-3)14-9-12(26-23-14)10-22-19(25)15-6-7-17(20)28-15/h4-9,12,21,23H,10H2,1-3H3,(H,22,25). The number of thiophene rings is 1. The molecule has 3 rings (SSSR count). The Morgan fingerprint density at radius 1 is 1.39 bits per heavy atom. The van der Waals surface area contributed by atoms with E-state index in [-0.39, 0.29) is 12.0 Å². The third-order valence-corrected chi connectivity index (χ3v) is 6.15. The second-order valence-corrected chi connectivity index (χ2v) is 8.87. The molecule has 9 heteroatoms. The highest BCUT2D eigenvalue weighted by Gasteiger charge is 2.21. The lowest BCUT2D eigenvalue weighted by Crippen LogP contribution is -2.31. The molecule has 1 unspecified atom stereocenters. The molecule has 3 N–H and O–H groups in total. The van der Waals surface area contributed by atoms with Crippen LogP contribution in [0.4, 0.5) is 0 Å². The minimum Gasteiger partial charge on any atom is -0.363 e.